The zero-order valence-electron chi connectivity index (χ0n) is 12.8. The van der Waals surface area contributed by atoms with Gasteiger partial charge in [-0.1, -0.05) is 18.2 Å². The molecule has 0 fully saturated rings. The van der Waals surface area contributed by atoms with Crippen LogP contribution in [0.15, 0.2) is 79.3 Å². The standard InChI is InChI=1S/C19H14N4O/c24-19(14-5-2-1-3-6-14)23(17-7-4-10-20-13-17)16-8-9-18-15(11-16)12-21-22-18/h1-13H,(H,21,22). The van der Waals surface area contributed by atoms with Crippen LogP contribution in [0.2, 0.25) is 0 Å². The van der Waals surface area contributed by atoms with E-state index in [1.54, 1.807) is 23.5 Å². The number of benzene rings is 2. The van der Waals surface area contributed by atoms with Crippen molar-refractivity contribution in [3.63, 3.8) is 0 Å². The summed E-state index contributed by atoms with van der Waals surface area (Å²) in [5, 5.41) is 7.90. The van der Waals surface area contributed by atoms with E-state index in [-0.39, 0.29) is 5.91 Å². The maximum absolute atomic E-state index is 13.1. The molecule has 4 rings (SSSR count). The third-order valence-electron chi connectivity index (χ3n) is 3.81. The van der Waals surface area contributed by atoms with Crippen molar-refractivity contribution in [3.05, 3.63) is 84.8 Å². The number of H-pyrrole nitrogens is 1. The van der Waals surface area contributed by atoms with E-state index in [9.17, 15) is 4.79 Å². The van der Waals surface area contributed by atoms with Gasteiger partial charge in [0.1, 0.15) is 0 Å². The number of aromatic amines is 1. The van der Waals surface area contributed by atoms with Crippen LogP contribution in [0.25, 0.3) is 10.9 Å². The van der Waals surface area contributed by atoms with Gasteiger partial charge in [-0.05, 0) is 42.5 Å². The van der Waals surface area contributed by atoms with Gasteiger partial charge >= 0.3 is 0 Å². The zero-order valence-corrected chi connectivity index (χ0v) is 12.8. The molecule has 4 aromatic rings. The first-order chi connectivity index (χ1) is 11.8. The molecule has 0 saturated carbocycles. The van der Waals surface area contributed by atoms with Crippen molar-refractivity contribution >= 4 is 28.2 Å². The van der Waals surface area contributed by atoms with E-state index < -0.39 is 0 Å². The van der Waals surface area contributed by atoms with Gasteiger partial charge in [0.25, 0.3) is 5.91 Å². The number of hydrogen-bond donors (Lipinski definition) is 1. The van der Waals surface area contributed by atoms with Gasteiger partial charge < -0.3 is 0 Å². The Balaban J connectivity index is 1.85. The predicted molar refractivity (Wildman–Crippen MR) is 93.2 cm³/mol. The van der Waals surface area contributed by atoms with Crippen molar-refractivity contribution in [1.82, 2.24) is 15.2 Å². The van der Waals surface area contributed by atoms with E-state index in [1.165, 1.54) is 0 Å². The highest BCUT2D eigenvalue weighted by molar-refractivity contribution is 6.11. The van der Waals surface area contributed by atoms with Crippen LogP contribution in [0.5, 0.6) is 0 Å². The van der Waals surface area contributed by atoms with Crippen LogP contribution in [0.1, 0.15) is 10.4 Å². The summed E-state index contributed by atoms with van der Waals surface area (Å²) in [5.41, 5.74) is 3.03. The number of aromatic nitrogens is 3. The van der Waals surface area contributed by atoms with Crippen molar-refractivity contribution in [2.24, 2.45) is 0 Å². The maximum Gasteiger partial charge on any atom is 0.262 e. The molecule has 5 heteroatoms. The van der Waals surface area contributed by atoms with Crippen molar-refractivity contribution < 1.29 is 4.79 Å². The van der Waals surface area contributed by atoms with Crippen molar-refractivity contribution in [1.29, 1.82) is 0 Å². The molecule has 5 nitrogen and oxygen atoms in total. The Labute approximate surface area is 138 Å². The molecule has 24 heavy (non-hydrogen) atoms. The van der Waals surface area contributed by atoms with Gasteiger partial charge in [0.2, 0.25) is 0 Å². The number of pyridine rings is 1. The molecule has 0 unspecified atom stereocenters. The lowest BCUT2D eigenvalue weighted by Crippen LogP contribution is -2.26. The van der Waals surface area contributed by atoms with Crippen LogP contribution in [0.3, 0.4) is 0 Å². The Hall–Kier alpha value is -3.47. The third kappa shape index (κ3) is 2.52. The molecule has 2 aromatic heterocycles. The second-order valence-corrected chi connectivity index (χ2v) is 5.36. The molecular formula is C19H14N4O. The van der Waals surface area contributed by atoms with Crippen molar-refractivity contribution in [2.45, 2.75) is 0 Å². The lowest BCUT2D eigenvalue weighted by Gasteiger charge is -2.23. The molecule has 0 aliphatic rings. The molecule has 0 aliphatic heterocycles. The van der Waals surface area contributed by atoms with Crippen molar-refractivity contribution in [2.75, 3.05) is 4.90 Å². The lowest BCUT2D eigenvalue weighted by molar-refractivity contribution is 0.0999. The maximum atomic E-state index is 13.1. The summed E-state index contributed by atoms with van der Waals surface area (Å²) in [6.45, 7) is 0. The van der Waals surface area contributed by atoms with Gasteiger partial charge in [0, 0.05) is 17.1 Å². The van der Waals surface area contributed by atoms with Gasteiger partial charge in [-0.15, -0.1) is 0 Å². The van der Waals surface area contributed by atoms with E-state index in [0.717, 1.165) is 16.6 Å². The number of fused-ring (bicyclic) bond motifs is 1. The number of carbonyl (C=O) groups is 1. The Bertz CT molecular complexity index is 980. The minimum Gasteiger partial charge on any atom is -0.278 e. The second-order valence-electron chi connectivity index (χ2n) is 5.36. The van der Waals surface area contributed by atoms with Gasteiger partial charge in [-0.3, -0.25) is 19.8 Å². The van der Waals surface area contributed by atoms with Crippen LogP contribution in [-0.4, -0.2) is 21.1 Å². The summed E-state index contributed by atoms with van der Waals surface area (Å²) in [6.07, 6.45) is 5.11. The normalized spacial score (nSPS) is 10.7. The van der Waals surface area contributed by atoms with Crippen LogP contribution >= 0.6 is 0 Å². The molecule has 0 bridgehead atoms. The summed E-state index contributed by atoms with van der Waals surface area (Å²) in [4.78, 5) is 18.9. The molecule has 1 amide bonds. The highest BCUT2D eigenvalue weighted by atomic mass is 16.2. The fourth-order valence-corrected chi connectivity index (χ4v) is 2.65. The highest BCUT2D eigenvalue weighted by Crippen LogP contribution is 2.29. The lowest BCUT2D eigenvalue weighted by atomic mass is 10.1. The summed E-state index contributed by atoms with van der Waals surface area (Å²) in [5.74, 6) is -0.105. The first kappa shape index (κ1) is 14.1. The minimum atomic E-state index is -0.105. The smallest absolute Gasteiger partial charge is 0.262 e. The van der Waals surface area contributed by atoms with E-state index >= 15 is 0 Å². The molecular weight excluding hydrogens is 300 g/mol. The third-order valence-corrected chi connectivity index (χ3v) is 3.81. The second kappa shape index (κ2) is 5.96. The largest absolute Gasteiger partial charge is 0.278 e. The molecule has 116 valence electrons. The molecule has 0 atom stereocenters. The molecule has 0 spiro atoms. The predicted octanol–water partition coefficient (Wildman–Crippen LogP) is 3.94. The molecule has 1 N–H and O–H groups in total. The summed E-state index contributed by atoms with van der Waals surface area (Å²) >= 11 is 0. The fraction of sp³-hybridized carbons (Fsp3) is 0. The number of anilines is 2. The van der Waals surface area contributed by atoms with Crippen LogP contribution < -0.4 is 4.90 Å². The Morgan fingerprint density at radius 3 is 2.58 bits per heavy atom. The van der Waals surface area contributed by atoms with Crippen LogP contribution in [0.4, 0.5) is 11.4 Å². The SMILES string of the molecule is O=C(c1ccccc1)N(c1cccnc1)c1ccc2[nH]ncc2c1. The van der Waals surface area contributed by atoms with E-state index in [2.05, 4.69) is 15.2 Å². The summed E-state index contributed by atoms with van der Waals surface area (Å²) < 4.78 is 0. The quantitative estimate of drug-likeness (QED) is 0.623. The van der Waals surface area contributed by atoms with Gasteiger partial charge in [-0.25, -0.2) is 0 Å². The number of nitrogens with one attached hydrogen (secondary N) is 1. The van der Waals surface area contributed by atoms with E-state index in [1.807, 2.05) is 60.7 Å². The monoisotopic (exact) mass is 314 g/mol. The fourth-order valence-electron chi connectivity index (χ4n) is 2.65. The van der Waals surface area contributed by atoms with Crippen molar-refractivity contribution in [3.8, 4) is 0 Å². The number of hydrogen-bond acceptors (Lipinski definition) is 3. The number of rotatable bonds is 3. The first-order valence-electron chi connectivity index (χ1n) is 7.55. The summed E-state index contributed by atoms with van der Waals surface area (Å²) in [6, 6.07) is 18.7. The molecule has 0 radical (unpaired) electrons. The van der Waals surface area contributed by atoms with Crippen LogP contribution in [-0.2, 0) is 0 Å². The topological polar surface area (TPSA) is 61.9 Å². The number of nitrogens with zero attached hydrogens (tertiary/aromatic N) is 3. The molecule has 2 heterocycles. The van der Waals surface area contributed by atoms with Gasteiger partial charge in [0.15, 0.2) is 0 Å². The van der Waals surface area contributed by atoms with Crippen LogP contribution in [0, 0.1) is 0 Å². The summed E-state index contributed by atoms with van der Waals surface area (Å²) in [7, 11) is 0. The molecule has 0 aliphatic carbocycles. The van der Waals surface area contributed by atoms with E-state index in [4.69, 9.17) is 0 Å². The Kier molecular flexibility index (Phi) is 3.51. The minimum absolute atomic E-state index is 0.105. The van der Waals surface area contributed by atoms with Gasteiger partial charge in [0.05, 0.1) is 29.3 Å². The first-order valence-corrected chi connectivity index (χ1v) is 7.55. The Morgan fingerprint density at radius 2 is 1.79 bits per heavy atom. The zero-order chi connectivity index (χ0) is 16.4. The number of carbonyl (C=O) groups excluding carboxylic acids is 1. The highest BCUT2D eigenvalue weighted by Gasteiger charge is 2.20. The molecule has 0 saturated heterocycles. The van der Waals surface area contributed by atoms with Gasteiger partial charge in [-0.2, -0.15) is 5.10 Å². The van der Waals surface area contributed by atoms with E-state index in [0.29, 0.717) is 11.3 Å². The average molecular weight is 314 g/mol. The molecule has 2 aromatic carbocycles. The average Bonchev–Trinajstić information content (AvgIpc) is 3.11. The number of amides is 1. The Morgan fingerprint density at radius 1 is 0.917 bits per heavy atom.